The summed E-state index contributed by atoms with van der Waals surface area (Å²) in [6.45, 7) is 6.00. The molecule has 0 heterocycles. The Morgan fingerprint density at radius 2 is 1.73 bits per heavy atom. The number of carbonyl (C=O) groups is 1. The van der Waals surface area contributed by atoms with E-state index >= 15 is 0 Å². The SMILES string of the molecule is C=C.N#CC(C#N)=CC(=O)O. The van der Waals surface area contributed by atoms with Gasteiger partial charge in [-0.1, -0.05) is 0 Å². The summed E-state index contributed by atoms with van der Waals surface area (Å²) in [6, 6.07) is 2.80. The Balaban J connectivity index is 0. The van der Waals surface area contributed by atoms with Gasteiger partial charge in [0.1, 0.15) is 17.7 Å². The predicted molar refractivity (Wildman–Crippen MR) is 38.2 cm³/mol. The fourth-order valence-electron chi connectivity index (χ4n) is 0.213. The summed E-state index contributed by atoms with van der Waals surface area (Å²) in [5, 5.41) is 23.9. The summed E-state index contributed by atoms with van der Waals surface area (Å²) in [5.74, 6) is -1.28. The van der Waals surface area contributed by atoms with Crippen LogP contribution in [0.4, 0.5) is 0 Å². The van der Waals surface area contributed by atoms with Crippen LogP contribution in [0.3, 0.4) is 0 Å². The third-order valence-corrected chi connectivity index (χ3v) is 0.509. The summed E-state index contributed by atoms with van der Waals surface area (Å²) in [6.07, 6.45) is 0.556. The zero-order chi connectivity index (χ0) is 9.28. The first kappa shape index (κ1) is 11.7. The van der Waals surface area contributed by atoms with Crippen molar-refractivity contribution < 1.29 is 9.90 Å². The fraction of sp³-hybridized carbons (Fsp3) is 0. The van der Waals surface area contributed by atoms with Gasteiger partial charge in [-0.2, -0.15) is 10.5 Å². The number of hydrogen-bond donors (Lipinski definition) is 1. The lowest BCUT2D eigenvalue weighted by molar-refractivity contribution is -0.131. The van der Waals surface area contributed by atoms with Gasteiger partial charge in [-0.15, -0.1) is 13.2 Å². The van der Waals surface area contributed by atoms with Crippen LogP contribution in [-0.4, -0.2) is 11.1 Å². The third kappa shape index (κ3) is 7.93. The molecule has 0 spiro atoms. The van der Waals surface area contributed by atoms with Gasteiger partial charge in [0, 0.05) is 0 Å². The first-order chi connectivity index (χ1) is 5.20. The first-order valence-corrected chi connectivity index (χ1v) is 2.45. The van der Waals surface area contributed by atoms with Gasteiger partial charge < -0.3 is 5.11 Å². The summed E-state index contributed by atoms with van der Waals surface area (Å²) in [7, 11) is 0. The maximum atomic E-state index is 9.75. The quantitative estimate of drug-likeness (QED) is 0.341. The van der Waals surface area contributed by atoms with E-state index in [-0.39, 0.29) is 0 Å². The lowest BCUT2D eigenvalue weighted by Gasteiger charge is -1.75. The van der Waals surface area contributed by atoms with Crippen molar-refractivity contribution in [2.45, 2.75) is 0 Å². The lowest BCUT2D eigenvalue weighted by Crippen LogP contribution is -1.88. The van der Waals surface area contributed by atoms with Crippen LogP contribution in [0.5, 0.6) is 0 Å². The molecule has 0 aromatic carbocycles. The molecular weight excluding hydrogens is 144 g/mol. The molecule has 4 nitrogen and oxygen atoms in total. The van der Waals surface area contributed by atoms with E-state index in [1.54, 1.807) is 0 Å². The second-order valence-electron chi connectivity index (χ2n) is 1.12. The molecule has 0 aromatic heterocycles. The zero-order valence-electron chi connectivity index (χ0n) is 5.74. The van der Waals surface area contributed by atoms with Gasteiger partial charge in [-0.25, -0.2) is 4.79 Å². The van der Waals surface area contributed by atoms with Crippen LogP contribution in [0, 0.1) is 22.7 Å². The van der Waals surface area contributed by atoms with Gasteiger partial charge in [0.05, 0.1) is 6.08 Å². The number of rotatable bonds is 1. The van der Waals surface area contributed by atoms with E-state index in [1.165, 1.54) is 12.1 Å². The third-order valence-electron chi connectivity index (χ3n) is 0.509. The van der Waals surface area contributed by atoms with Crippen LogP contribution in [0.25, 0.3) is 0 Å². The molecule has 0 aliphatic heterocycles. The molecule has 4 heteroatoms. The van der Waals surface area contributed by atoms with Crippen molar-refractivity contribution in [3.05, 3.63) is 24.8 Å². The van der Waals surface area contributed by atoms with Crippen molar-refractivity contribution in [3.8, 4) is 12.1 Å². The van der Waals surface area contributed by atoms with Crippen LogP contribution < -0.4 is 0 Å². The summed E-state index contributed by atoms with van der Waals surface area (Å²) >= 11 is 0. The van der Waals surface area contributed by atoms with E-state index in [9.17, 15) is 4.79 Å². The minimum atomic E-state index is -1.28. The first-order valence-electron chi connectivity index (χ1n) is 2.45. The smallest absolute Gasteiger partial charge is 0.330 e. The summed E-state index contributed by atoms with van der Waals surface area (Å²) < 4.78 is 0. The van der Waals surface area contributed by atoms with E-state index < -0.39 is 11.5 Å². The summed E-state index contributed by atoms with van der Waals surface area (Å²) in [5.41, 5.74) is -0.400. The standard InChI is InChI=1S/C5H2N2O2.C2H4/c6-2-4(3-7)1-5(8)9;1-2/h1H,(H,8,9);1-2H2. The fourth-order valence-corrected chi connectivity index (χ4v) is 0.213. The summed E-state index contributed by atoms with van der Waals surface area (Å²) in [4.78, 5) is 9.75. The average Bonchev–Trinajstić information content (AvgIpc) is 2.03. The Morgan fingerprint density at radius 1 is 1.36 bits per heavy atom. The molecule has 56 valence electrons. The number of hydrogen-bond acceptors (Lipinski definition) is 3. The molecule has 0 bridgehead atoms. The van der Waals surface area contributed by atoms with Crippen LogP contribution in [0.2, 0.25) is 0 Å². The highest BCUT2D eigenvalue weighted by atomic mass is 16.4. The van der Waals surface area contributed by atoms with Crippen LogP contribution in [0.15, 0.2) is 24.8 Å². The van der Waals surface area contributed by atoms with Crippen molar-refractivity contribution in [3.63, 3.8) is 0 Å². The number of aliphatic carboxylic acids is 1. The second kappa shape index (κ2) is 7.93. The second-order valence-corrected chi connectivity index (χ2v) is 1.12. The molecule has 0 atom stereocenters. The van der Waals surface area contributed by atoms with Crippen molar-refractivity contribution in [1.82, 2.24) is 0 Å². The molecule has 0 radical (unpaired) electrons. The minimum Gasteiger partial charge on any atom is -0.478 e. The van der Waals surface area contributed by atoms with Crippen molar-refractivity contribution >= 4 is 5.97 Å². The van der Waals surface area contributed by atoms with E-state index in [2.05, 4.69) is 13.2 Å². The average molecular weight is 150 g/mol. The molecule has 0 saturated heterocycles. The molecule has 0 rings (SSSR count). The molecule has 0 unspecified atom stereocenters. The maximum Gasteiger partial charge on any atom is 0.330 e. The monoisotopic (exact) mass is 150 g/mol. The number of carboxylic acid groups (broad SMARTS) is 1. The molecule has 0 saturated carbocycles. The van der Waals surface area contributed by atoms with E-state index in [0.29, 0.717) is 6.08 Å². The highest BCUT2D eigenvalue weighted by Gasteiger charge is 1.94. The molecule has 1 N–H and O–H groups in total. The van der Waals surface area contributed by atoms with Crippen LogP contribution >= 0.6 is 0 Å². The Hall–Kier alpha value is -2.07. The molecule has 0 amide bonds. The molecule has 0 aliphatic carbocycles. The predicted octanol–water partition coefficient (Wildman–Crippen LogP) is 0.847. The molecule has 0 aromatic rings. The van der Waals surface area contributed by atoms with E-state index in [4.69, 9.17) is 15.6 Å². The van der Waals surface area contributed by atoms with Crippen LogP contribution in [0.1, 0.15) is 0 Å². The zero-order valence-corrected chi connectivity index (χ0v) is 5.74. The number of carboxylic acids is 1. The van der Waals surface area contributed by atoms with Gasteiger partial charge in [0.25, 0.3) is 0 Å². The number of nitriles is 2. The lowest BCUT2D eigenvalue weighted by atomic mass is 10.3. The Labute approximate surface area is 64.3 Å². The number of allylic oxidation sites excluding steroid dienone is 1. The largest absolute Gasteiger partial charge is 0.478 e. The van der Waals surface area contributed by atoms with Gasteiger partial charge in [0.15, 0.2) is 0 Å². The van der Waals surface area contributed by atoms with Crippen molar-refractivity contribution in [1.29, 1.82) is 10.5 Å². The molecular formula is C7H6N2O2. The van der Waals surface area contributed by atoms with Crippen molar-refractivity contribution in [2.75, 3.05) is 0 Å². The molecule has 0 aliphatic rings. The van der Waals surface area contributed by atoms with Crippen molar-refractivity contribution in [2.24, 2.45) is 0 Å². The molecule has 0 fully saturated rings. The number of nitrogens with zero attached hydrogens (tertiary/aromatic N) is 2. The van der Waals surface area contributed by atoms with Gasteiger partial charge in [0.2, 0.25) is 0 Å². The normalized spacial score (nSPS) is 5.64. The molecule has 11 heavy (non-hydrogen) atoms. The van der Waals surface area contributed by atoms with Gasteiger partial charge >= 0.3 is 5.97 Å². The highest BCUT2D eigenvalue weighted by molar-refractivity contribution is 5.82. The Bertz CT molecular complexity index is 226. The Kier molecular flexibility index (Phi) is 8.43. The van der Waals surface area contributed by atoms with Crippen LogP contribution in [-0.2, 0) is 4.79 Å². The maximum absolute atomic E-state index is 9.75. The van der Waals surface area contributed by atoms with Gasteiger partial charge in [-0.3, -0.25) is 0 Å². The topological polar surface area (TPSA) is 84.9 Å². The van der Waals surface area contributed by atoms with Gasteiger partial charge in [-0.05, 0) is 0 Å². The minimum absolute atomic E-state index is 0.400. The Morgan fingerprint density at radius 3 is 1.82 bits per heavy atom. The van der Waals surface area contributed by atoms with E-state index in [0.717, 1.165) is 0 Å². The van der Waals surface area contributed by atoms with E-state index in [1.807, 2.05) is 0 Å². The highest BCUT2D eigenvalue weighted by Crippen LogP contribution is 1.86.